The summed E-state index contributed by atoms with van der Waals surface area (Å²) < 4.78 is 1.97. The van der Waals surface area contributed by atoms with Gasteiger partial charge in [-0.05, 0) is 11.5 Å². The van der Waals surface area contributed by atoms with Gasteiger partial charge in [-0.3, -0.25) is 0 Å². The van der Waals surface area contributed by atoms with Gasteiger partial charge in [-0.2, -0.15) is 0 Å². The Kier molecular flexibility index (Phi) is 3.82. The minimum atomic E-state index is 0.135. The van der Waals surface area contributed by atoms with E-state index in [1.54, 1.807) is 0 Å². The van der Waals surface area contributed by atoms with Crippen LogP contribution in [-0.2, 0) is 13.5 Å². The molecule has 0 fully saturated rings. The maximum atomic E-state index is 8.97. The van der Waals surface area contributed by atoms with Crippen LogP contribution in [0.25, 0.3) is 11.3 Å². The third-order valence-electron chi connectivity index (χ3n) is 3.18. The van der Waals surface area contributed by atoms with Crippen LogP contribution in [0.1, 0.15) is 31.2 Å². The summed E-state index contributed by atoms with van der Waals surface area (Å²) in [4.78, 5) is 4.55. The number of hydrogen-bond donors (Lipinski definition) is 1. The molecule has 96 valence electrons. The summed E-state index contributed by atoms with van der Waals surface area (Å²) >= 11 is 0. The molecule has 0 aliphatic carbocycles. The van der Waals surface area contributed by atoms with Crippen molar-refractivity contribution in [2.45, 2.75) is 26.2 Å². The van der Waals surface area contributed by atoms with Gasteiger partial charge in [0.2, 0.25) is 0 Å². The number of aliphatic hydroxyl groups is 1. The van der Waals surface area contributed by atoms with E-state index < -0.39 is 0 Å². The van der Waals surface area contributed by atoms with E-state index in [1.807, 2.05) is 17.8 Å². The maximum absolute atomic E-state index is 8.97. The summed E-state index contributed by atoms with van der Waals surface area (Å²) in [5.74, 6) is 1.47. The van der Waals surface area contributed by atoms with Gasteiger partial charge in [-0.25, -0.2) is 4.98 Å². The highest BCUT2D eigenvalue weighted by atomic mass is 16.3. The summed E-state index contributed by atoms with van der Waals surface area (Å²) in [5, 5.41) is 8.97. The molecule has 0 atom stereocenters. The van der Waals surface area contributed by atoms with Crippen LogP contribution in [0.3, 0.4) is 0 Å². The Labute approximate surface area is 108 Å². The molecule has 1 heterocycles. The Morgan fingerprint density at radius 1 is 1.22 bits per heavy atom. The van der Waals surface area contributed by atoms with E-state index in [1.165, 1.54) is 5.56 Å². The molecule has 2 aromatic rings. The number of aryl methyl sites for hydroxylation is 1. The van der Waals surface area contributed by atoms with Crippen LogP contribution in [0.4, 0.5) is 0 Å². The van der Waals surface area contributed by atoms with Gasteiger partial charge in [0.05, 0.1) is 12.3 Å². The zero-order valence-corrected chi connectivity index (χ0v) is 11.2. The zero-order valence-electron chi connectivity index (χ0n) is 11.2. The Morgan fingerprint density at radius 2 is 1.89 bits per heavy atom. The Bertz CT molecular complexity index is 512. The number of aliphatic hydroxyl groups excluding tert-OH is 1. The first kappa shape index (κ1) is 12.8. The molecular formula is C15H20N2O. The molecule has 1 aromatic carbocycles. The van der Waals surface area contributed by atoms with Crippen molar-refractivity contribution < 1.29 is 5.11 Å². The number of hydrogen-bond acceptors (Lipinski definition) is 2. The van der Waals surface area contributed by atoms with Crippen LogP contribution in [-0.4, -0.2) is 21.3 Å². The second kappa shape index (κ2) is 5.36. The van der Waals surface area contributed by atoms with Gasteiger partial charge in [-0.15, -0.1) is 0 Å². The summed E-state index contributed by atoms with van der Waals surface area (Å²) in [6.07, 6.45) is 2.61. The molecule has 0 radical (unpaired) electrons. The quantitative estimate of drug-likeness (QED) is 0.898. The second-order valence-electron chi connectivity index (χ2n) is 4.90. The molecule has 1 aromatic heterocycles. The standard InChI is InChI=1S/C15H20N2O/c1-11(2)12-4-6-13(7-5-12)14-10-17(3)15(16-14)8-9-18/h4-7,10-11,18H,8-9H2,1-3H3. The third-order valence-corrected chi connectivity index (χ3v) is 3.18. The molecular weight excluding hydrogens is 224 g/mol. The summed E-state index contributed by atoms with van der Waals surface area (Å²) in [5.41, 5.74) is 3.43. The minimum Gasteiger partial charge on any atom is -0.396 e. The van der Waals surface area contributed by atoms with Crippen molar-refractivity contribution in [1.82, 2.24) is 9.55 Å². The molecule has 3 nitrogen and oxygen atoms in total. The average Bonchev–Trinajstić information content (AvgIpc) is 2.72. The fourth-order valence-electron chi connectivity index (χ4n) is 2.01. The van der Waals surface area contributed by atoms with Gasteiger partial charge >= 0.3 is 0 Å². The Balaban J connectivity index is 2.28. The van der Waals surface area contributed by atoms with Crippen molar-refractivity contribution in [3.05, 3.63) is 41.9 Å². The van der Waals surface area contributed by atoms with Crippen molar-refractivity contribution in [2.75, 3.05) is 6.61 Å². The predicted molar refractivity (Wildman–Crippen MR) is 73.5 cm³/mol. The fraction of sp³-hybridized carbons (Fsp3) is 0.400. The van der Waals surface area contributed by atoms with Crippen molar-refractivity contribution in [1.29, 1.82) is 0 Å². The number of benzene rings is 1. The van der Waals surface area contributed by atoms with Crippen molar-refractivity contribution >= 4 is 0 Å². The van der Waals surface area contributed by atoms with Crippen LogP contribution in [0.5, 0.6) is 0 Å². The number of aromatic nitrogens is 2. The van der Waals surface area contributed by atoms with E-state index in [0.717, 1.165) is 17.1 Å². The molecule has 2 rings (SSSR count). The Morgan fingerprint density at radius 3 is 2.44 bits per heavy atom. The first-order valence-electron chi connectivity index (χ1n) is 6.35. The molecule has 0 saturated carbocycles. The lowest BCUT2D eigenvalue weighted by molar-refractivity contribution is 0.295. The van der Waals surface area contributed by atoms with Gasteiger partial charge in [-0.1, -0.05) is 38.1 Å². The van der Waals surface area contributed by atoms with E-state index >= 15 is 0 Å². The minimum absolute atomic E-state index is 0.135. The summed E-state index contributed by atoms with van der Waals surface area (Å²) in [6, 6.07) is 8.53. The van der Waals surface area contributed by atoms with Crippen molar-refractivity contribution in [3.8, 4) is 11.3 Å². The van der Waals surface area contributed by atoms with Crippen LogP contribution >= 0.6 is 0 Å². The molecule has 0 unspecified atom stereocenters. The molecule has 3 heteroatoms. The molecule has 0 aliphatic rings. The first-order chi connectivity index (χ1) is 8.61. The van der Waals surface area contributed by atoms with Gasteiger partial charge in [0, 0.05) is 25.2 Å². The Hall–Kier alpha value is -1.61. The van der Waals surface area contributed by atoms with E-state index in [2.05, 4.69) is 43.1 Å². The summed E-state index contributed by atoms with van der Waals surface area (Å²) in [7, 11) is 1.96. The van der Waals surface area contributed by atoms with Crippen molar-refractivity contribution in [3.63, 3.8) is 0 Å². The lowest BCUT2D eigenvalue weighted by Gasteiger charge is -2.05. The first-order valence-corrected chi connectivity index (χ1v) is 6.35. The molecule has 0 aliphatic heterocycles. The molecule has 1 N–H and O–H groups in total. The van der Waals surface area contributed by atoms with Gasteiger partial charge < -0.3 is 9.67 Å². The molecule has 0 bridgehead atoms. The lowest BCUT2D eigenvalue weighted by Crippen LogP contribution is -1.99. The SMILES string of the molecule is CC(C)c1ccc(-c2cn(C)c(CCO)n2)cc1. The highest BCUT2D eigenvalue weighted by molar-refractivity contribution is 5.59. The van der Waals surface area contributed by atoms with Crippen LogP contribution < -0.4 is 0 Å². The van der Waals surface area contributed by atoms with Crippen LogP contribution in [0.2, 0.25) is 0 Å². The van der Waals surface area contributed by atoms with Crippen molar-refractivity contribution in [2.24, 2.45) is 7.05 Å². The highest BCUT2D eigenvalue weighted by Crippen LogP contribution is 2.22. The topological polar surface area (TPSA) is 38.0 Å². The van der Waals surface area contributed by atoms with Gasteiger partial charge in [0.15, 0.2) is 0 Å². The van der Waals surface area contributed by atoms with E-state index in [0.29, 0.717) is 12.3 Å². The highest BCUT2D eigenvalue weighted by Gasteiger charge is 2.07. The number of imidazole rings is 1. The van der Waals surface area contributed by atoms with Gasteiger partial charge in [0.1, 0.15) is 5.82 Å². The average molecular weight is 244 g/mol. The smallest absolute Gasteiger partial charge is 0.111 e. The maximum Gasteiger partial charge on any atom is 0.111 e. The zero-order chi connectivity index (χ0) is 13.1. The molecule has 0 saturated heterocycles. The number of nitrogens with zero attached hydrogens (tertiary/aromatic N) is 2. The monoisotopic (exact) mass is 244 g/mol. The van der Waals surface area contributed by atoms with Crippen LogP contribution in [0.15, 0.2) is 30.5 Å². The molecule has 0 amide bonds. The largest absolute Gasteiger partial charge is 0.396 e. The van der Waals surface area contributed by atoms with E-state index in [4.69, 9.17) is 5.11 Å². The van der Waals surface area contributed by atoms with E-state index in [-0.39, 0.29) is 6.61 Å². The fourth-order valence-corrected chi connectivity index (χ4v) is 2.01. The lowest BCUT2D eigenvalue weighted by atomic mass is 10.0. The van der Waals surface area contributed by atoms with Crippen LogP contribution in [0, 0.1) is 0 Å². The molecule has 18 heavy (non-hydrogen) atoms. The third kappa shape index (κ3) is 2.62. The number of rotatable bonds is 4. The normalized spacial score (nSPS) is 11.2. The molecule has 0 spiro atoms. The second-order valence-corrected chi connectivity index (χ2v) is 4.90. The predicted octanol–water partition coefficient (Wildman–Crippen LogP) is 2.75. The van der Waals surface area contributed by atoms with E-state index in [9.17, 15) is 0 Å². The van der Waals surface area contributed by atoms with Gasteiger partial charge in [0.25, 0.3) is 0 Å². The summed E-state index contributed by atoms with van der Waals surface area (Å²) in [6.45, 7) is 4.51.